The fourth-order valence-corrected chi connectivity index (χ4v) is 5.02. The van der Waals surface area contributed by atoms with Crippen LogP contribution in [0.1, 0.15) is 73.1 Å². The van der Waals surface area contributed by atoms with E-state index in [1.807, 2.05) is 6.92 Å². The van der Waals surface area contributed by atoms with Crippen LogP contribution in [0.5, 0.6) is 0 Å². The molecule has 3 aliphatic rings. The van der Waals surface area contributed by atoms with Gasteiger partial charge in [-0.3, -0.25) is 4.79 Å². The van der Waals surface area contributed by atoms with Gasteiger partial charge in [-0.2, -0.15) is 0 Å². The topological polar surface area (TPSA) is 49.8 Å². The molecule has 2 aliphatic carbocycles. The third-order valence-electron chi connectivity index (χ3n) is 7.15. The van der Waals surface area contributed by atoms with Gasteiger partial charge < -0.3 is 9.84 Å². The van der Waals surface area contributed by atoms with Crippen molar-refractivity contribution in [3.05, 3.63) is 11.6 Å². The Morgan fingerprint density at radius 1 is 1.26 bits per heavy atom. The summed E-state index contributed by atoms with van der Waals surface area (Å²) in [5, 5.41) is 11.3. The molecule has 0 amide bonds. The van der Waals surface area contributed by atoms with Crippen LogP contribution in [0.2, 0.25) is 0 Å². The van der Waals surface area contributed by atoms with E-state index in [1.54, 1.807) is 0 Å². The predicted molar refractivity (Wildman–Crippen MR) is 91.1 cm³/mol. The average Bonchev–Trinajstić information content (AvgIpc) is 3.01. The molecule has 3 rings (SSSR count). The summed E-state index contributed by atoms with van der Waals surface area (Å²) in [5.74, 6) is 0.407. The van der Waals surface area contributed by atoms with E-state index >= 15 is 0 Å². The van der Waals surface area contributed by atoms with E-state index in [0.29, 0.717) is 6.42 Å². The zero-order valence-electron chi connectivity index (χ0n) is 15.3. The standard InChI is InChI=1S/C20H32O3/c1-13(2)20(22)10-9-18(4)12-17-19(5,23-17)8-6-7-14(3)15(21)11-16(18)20/h7,13,16-17,22H,6,8-12H2,1-5H3. The molecule has 0 aromatic rings. The molecule has 0 bridgehead atoms. The van der Waals surface area contributed by atoms with Gasteiger partial charge in [-0.05, 0) is 62.9 Å². The monoisotopic (exact) mass is 320 g/mol. The molecule has 130 valence electrons. The predicted octanol–water partition coefficient (Wildman–Crippen LogP) is 4.04. The molecule has 0 aromatic carbocycles. The normalized spacial score (nSPS) is 47.6. The van der Waals surface area contributed by atoms with Crippen LogP contribution in [0.15, 0.2) is 11.6 Å². The van der Waals surface area contributed by atoms with Gasteiger partial charge in [-0.15, -0.1) is 0 Å². The second kappa shape index (κ2) is 5.42. The molecule has 5 unspecified atom stereocenters. The van der Waals surface area contributed by atoms with E-state index in [2.05, 4.69) is 33.8 Å². The molecule has 1 N–H and O–H groups in total. The number of Topliss-reactive ketones (excluding diaryl/α,β-unsaturated/α-hetero) is 1. The number of hydrogen-bond donors (Lipinski definition) is 1. The van der Waals surface area contributed by atoms with E-state index in [4.69, 9.17) is 4.74 Å². The number of allylic oxidation sites excluding steroid dienone is 2. The van der Waals surface area contributed by atoms with Gasteiger partial charge in [0.05, 0.1) is 17.3 Å². The lowest BCUT2D eigenvalue weighted by molar-refractivity contribution is -0.123. The molecular weight excluding hydrogens is 288 g/mol. The Morgan fingerprint density at radius 2 is 1.96 bits per heavy atom. The van der Waals surface area contributed by atoms with Crippen LogP contribution >= 0.6 is 0 Å². The molecule has 1 aliphatic heterocycles. The summed E-state index contributed by atoms with van der Waals surface area (Å²) in [7, 11) is 0. The Kier molecular flexibility index (Phi) is 4.04. The summed E-state index contributed by atoms with van der Waals surface area (Å²) in [6.45, 7) is 10.6. The maximum absolute atomic E-state index is 12.7. The maximum atomic E-state index is 12.7. The Balaban J connectivity index is 1.96. The summed E-state index contributed by atoms with van der Waals surface area (Å²) in [4.78, 5) is 12.7. The Hall–Kier alpha value is -0.670. The quantitative estimate of drug-likeness (QED) is 0.742. The van der Waals surface area contributed by atoms with Crippen molar-refractivity contribution in [1.29, 1.82) is 0 Å². The highest BCUT2D eigenvalue weighted by molar-refractivity contribution is 5.95. The van der Waals surface area contributed by atoms with E-state index in [0.717, 1.165) is 37.7 Å². The summed E-state index contributed by atoms with van der Waals surface area (Å²) < 4.78 is 6.05. The van der Waals surface area contributed by atoms with Crippen molar-refractivity contribution in [3.8, 4) is 0 Å². The van der Waals surface area contributed by atoms with Gasteiger partial charge in [-0.25, -0.2) is 0 Å². The first-order chi connectivity index (χ1) is 10.6. The van der Waals surface area contributed by atoms with Crippen molar-refractivity contribution in [1.82, 2.24) is 0 Å². The first-order valence-electron chi connectivity index (χ1n) is 9.21. The molecule has 2 fully saturated rings. The minimum absolute atomic E-state index is 0.0122. The minimum Gasteiger partial charge on any atom is -0.389 e. The summed E-state index contributed by atoms with van der Waals surface area (Å²) in [6.07, 6.45) is 7.46. The first-order valence-corrected chi connectivity index (χ1v) is 9.21. The summed E-state index contributed by atoms with van der Waals surface area (Å²) >= 11 is 0. The van der Waals surface area contributed by atoms with Gasteiger partial charge in [0.2, 0.25) is 0 Å². The Bertz CT molecular complexity index is 537. The highest BCUT2D eigenvalue weighted by atomic mass is 16.6. The molecule has 1 heterocycles. The number of aliphatic hydroxyl groups is 1. The highest BCUT2D eigenvalue weighted by Gasteiger charge is 2.61. The van der Waals surface area contributed by atoms with Crippen molar-refractivity contribution >= 4 is 5.78 Å². The van der Waals surface area contributed by atoms with Crippen LogP contribution in [0, 0.1) is 17.3 Å². The molecule has 23 heavy (non-hydrogen) atoms. The molecule has 3 nitrogen and oxygen atoms in total. The van der Waals surface area contributed by atoms with Crippen LogP contribution in [-0.2, 0) is 9.53 Å². The SMILES string of the molecule is CC1=CCCC2(C)OC2CC2(C)CCC(O)(C(C)C)C2CC1=O. The highest BCUT2D eigenvalue weighted by Crippen LogP contribution is 2.59. The van der Waals surface area contributed by atoms with Crippen LogP contribution in [0.25, 0.3) is 0 Å². The van der Waals surface area contributed by atoms with Crippen molar-refractivity contribution in [2.24, 2.45) is 17.3 Å². The number of ketones is 1. The smallest absolute Gasteiger partial charge is 0.158 e. The molecule has 5 atom stereocenters. The van der Waals surface area contributed by atoms with E-state index in [1.165, 1.54) is 0 Å². The zero-order chi connectivity index (χ0) is 17.0. The molecule has 0 spiro atoms. The van der Waals surface area contributed by atoms with Gasteiger partial charge in [0.15, 0.2) is 5.78 Å². The number of hydrogen-bond acceptors (Lipinski definition) is 3. The second-order valence-electron chi connectivity index (χ2n) is 9.03. The number of ether oxygens (including phenoxy) is 1. The average molecular weight is 320 g/mol. The maximum Gasteiger partial charge on any atom is 0.158 e. The third-order valence-corrected chi connectivity index (χ3v) is 7.15. The fraction of sp³-hybridized carbons (Fsp3) is 0.850. The van der Waals surface area contributed by atoms with Gasteiger partial charge in [0.1, 0.15) is 0 Å². The number of epoxide rings is 1. The number of fused-ring (bicyclic) bond motifs is 2. The molecule has 1 saturated carbocycles. The number of rotatable bonds is 1. The number of carbonyl (C=O) groups is 1. The lowest BCUT2D eigenvalue weighted by atomic mass is 9.66. The van der Waals surface area contributed by atoms with Gasteiger partial charge in [0, 0.05) is 12.3 Å². The van der Waals surface area contributed by atoms with Gasteiger partial charge >= 0.3 is 0 Å². The van der Waals surface area contributed by atoms with Crippen molar-refractivity contribution in [2.45, 2.75) is 90.4 Å². The minimum atomic E-state index is -0.732. The van der Waals surface area contributed by atoms with E-state index in [-0.39, 0.29) is 34.7 Å². The van der Waals surface area contributed by atoms with Crippen LogP contribution in [0.4, 0.5) is 0 Å². The Labute approximate surface area is 140 Å². The van der Waals surface area contributed by atoms with Crippen molar-refractivity contribution in [2.75, 3.05) is 0 Å². The van der Waals surface area contributed by atoms with Gasteiger partial charge in [-0.1, -0.05) is 26.8 Å². The lowest BCUT2D eigenvalue weighted by Crippen LogP contribution is -2.45. The van der Waals surface area contributed by atoms with E-state index < -0.39 is 5.60 Å². The Morgan fingerprint density at radius 3 is 2.61 bits per heavy atom. The molecule has 1 saturated heterocycles. The number of carbonyl (C=O) groups excluding carboxylic acids is 1. The molecule has 3 heteroatoms. The summed E-state index contributed by atoms with van der Waals surface area (Å²) in [6, 6.07) is 0. The van der Waals surface area contributed by atoms with E-state index in [9.17, 15) is 9.90 Å². The van der Waals surface area contributed by atoms with Crippen LogP contribution in [-0.4, -0.2) is 28.2 Å². The third kappa shape index (κ3) is 2.80. The summed E-state index contributed by atoms with van der Waals surface area (Å²) in [5.41, 5.74) is 0.0789. The van der Waals surface area contributed by atoms with Crippen molar-refractivity contribution in [3.63, 3.8) is 0 Å². The lowest BCUT2D eigenvalue weighted by Gasteiger charge is -2.40. The van der Waals surface area contributed by atoms with Crippen molar-refractivity contribution < 1.29 is 14.6 Å². The van der Waals surface area contributed by atoms with Crippen LogP contribution in [0.3, 0.4) is 0 Å². The second-order valence-corrected chi connectivity index (χ2v) is 9.03. The molecule has 0 radical (unpaired) electrons. The van der Waals surface area contributed by atoms with Crippen LogP contribution < -0.4 is 0 Å². The largest absolute Gasteiger partial charge is 0.389 e. The fourth-order valence-electron chi connectivity index (χ4n) is 5.02. The molecule has 0 aromatic heterocycles. The first kappa shape index (κ1) is 17.2. The zero-order valence-corrected chi connectivity index (χ0v) is 15.3. The van der Waals surface area contributed by atoms with Gasteiger partial charge in [0.25, 0.3) is 0 Å². The molecular formula is C20H32O3.